The van der Waals surface area contributed by atoms with Gasteiger partial charge in [0.05, 0.1) is 22.3 Å². The minimum atomic E-state index is -0.456. The molecule has 1 aromatic heterocycles. The molecule has 0 atom stereocenters. The van der Waals surface area contributed by atoms with Crippen LogP contribution in [0.3, 0.4) is 0 Å². The number of nitrogens with zero attached hydrogens (tertiary/aromatic N) is 2. The lowest BCUT2D eigenvalue weighted by Gasteiger charge is -2.34. The number of fused-ring (bicyclic) bond motifs is 1. The molecular weight excluding hydrogens is 541 g/mol. The monoisotopic (exact) mass is 587 g/mol. The number of likely N-dealkylation sites (tertiary alicyclic amines) is 1. The van der Waals surface area contributed by atoms with Gasteiger partial charge in [-0.05, 0) is 83.4 Å². The Morgan fingerprint density at radius 3 is 2.22 bits per heavy atom. The molecule has 8 heteroatoms. The molecule has 2 aliphatic heterocycles. The number of ether oxygens (including phenoxy) is 1. The number of hydrogen-bond donors (Lipinski definition) is 2. The summed E-state index contributed by atoms with van der Waals surface area (Å²) in [4.78, 5) is 17.5. The van der Waals surface area contributed by atoms with Crippen LogP contribution in [0.2, 0.25) is 5.02 Å². The smallest absolute Gasteiger partial charge is 0.157 e. The molecule has 2 aliphatic rings. The van der Waals surface area contributed by atoms with Crippen LogP contribution in [0.4, 0.5) is 4.39 Å². The third-order valence-electron chi connectivity index (χ3n) is 7.29. The van der Waals surface area contributed by atoms with Gasteiger partial charge < -0.3 is 20.1 Å². The first-order valence-electron chi connectivity index (χ1n) is 14.7. The van der Waals surface area contributed by atoms with Crippen molar-refractivity contribution in [3.8, 4) is 16.9 Å². The van der Waals surface area contributed by atoms with Gasteiger partial charge in [-0.1, -0.05) is 57.5 Å². The molecular formula is C33H47ClFN3O3. The van der Waals surface area contributed by atoms with Crippen LogP contribution in [0.1, 0.15) is 77.6 Å². The highest BCUT2D eigenvalue weighted by molar-refractivity contribution is 6.36. The summed E-state index contributed by atoms with van der Waals surface area (Å²) in [5.41, 5.74) is 1.40. The molecule has 3 aromatic rings. The highest BCUT2D eigenvalue weighted by atomic mass is 35.5. The molecule has 0 amide bonds. The number of piperidine rings is 2. The van der Waals surface area contributed by atoms with Crippen molar-refractivity contribution in [3.63, 3.8) is 0 Å². The summed E-state index contributed by atoms with van der Waals surface area (Å²) in [6.07, 6.45) is 5.88. The molecule has 0 saturated carbocycles. The first kappa shape index (κ1) is 34.6. The Morgan fingerprint density at radius 1 is 1.02 bits per heavy atom. The summed E-state index contributed by atoms with van der Waals surface area (Å²) in [5.74, 6) is 0.0788. The van der Waals surface area contributed by atoms with E-state index >= 15 is 0 Å². The molecule has 0 radical (unpaired) electrons. The maximum atomic E-state index is 14.4. The number of pyridine rings is 1. The highest BCUT2D eigenvalue weighted by Gasteiger charge is 2.30. The van der Waals surface area contributed by atoms with Crippen molar-refractivity contribution in [1.82, 2.24) is 15.2 Å². The van der Waals surface area contributed by atoms with E-state index in [2.05, 4.69) is 29.2 Å². The summed E-state index contributed by atoms with van der Waals surface area (Å²) >= 11 is 6.65. The van der Waals surface area contributed by atoms with Crippen LogP contribution in [0.5, 0.6) is 5.75 Å². The van der Waals surface area contributed by atoms with Crippen molar-refractivity contribution in [2.24, 2.45) is 0 Å². The summed E-state index contributed by atoms with van der Waals surface area (Å²) in [6.45, 7) is 15.9. The molecule has 0 spiro atoms. The van der Waals surface area contributed by atoms with Crippen molar-refractivity contribution in [1.29, 1.82) is 0 Å². The van der Waals surface area contributed by atoms with Crippen LogP contribution in [0, 0.1) is 5.82 Å². The zero-order valence-corrected chi connectivity index (χ0v) is 26.4. The highest BCUT2D eigenvalue weighted by Crippen LogP contribution is 2.37. The zero-order chi connectivity index (χ0) is 30.6. The summed E-state index contributed by atoms with van der Waals surface area (Å²) in [7, 11) is 2.09. The van der Waals surface area contributed by atoms with Gasteiger partial charge in [0.1, 0.15) is 17.7 Å². The van der Waals surface area contributed by atoms with E-state index in [-0.39, 0.29) is 11.2 Å². The minimum Gasteiger partial charge on any atom is -0.484 e. The molecule has 2 aromatic carbocycles. The van der Waals surface area contributed by atoms with Crippen LogP contribution >= 0.6 is 11.6 Å². The van der Waals surface area contributed by atoms with Gasteiger partial charge >= 0.3 is 0 Å². The molecule has 2 fully saturated rings. The topological polar surface area (TPSA) is 74.7 Å². The van der Waals surface area contributed by atoms with Gasteiger partial charge in [0.15, 0.2) is 5.75 Å². The van der Waals surface area contributed by atoms with E-state index in [4.69, 9.17) is 16.3 Å². The third kappa shape index (κ3) is 9.74. The average Bonchev–Trinajstić information content (AvgIpc) is 2.99. The van der Waals surface area contributed by atoms with Crippen LogP contribution in [0.15, 0.2) is 42.6 Å². The largest absolute Gasteiger partial charge is 0.484 e. The molecule has 0 bridgehead atoms. The molecule has 41 heavy (non-hydrogen) atoms. The Labute approximate surface area is 250 Å². The van der Waals surface area contributed by atoms with Gasteiger partial charge in [0.2, 0.25) is 0 Å². The molecule has 226 valence electrons. The zero-order valence-electron chi connectivity index (χ0n) is 25.7. The van der Waals surface area contributed by atoms with Crippen LogP contribution in [-0.4, -0.2) is 65.7 Å². The van der Waals surface area contributed by atoms with Gasteiger partial charge in [0, 0.05) is 29.6 Å². The van der Waals surface area contributed by atoms with E-state index in [1.807, 2.05) is 34.6 Å². The van der Waals surface area contributed by atoms with Gasteiger partial charge in [-0.25, -0.2) is 4.39 Å². The quantitative estimate of drug-likeness (QED) is 0.307. The number of hydrogen-bond acceptors (Lipinski definition) is 6. The predicted molar refractivity (Wildman–Crippen MR) is 169 cm³/mol. The number of aromatic nitrogens is 1. The average molecular weight is 588 g/mol. The van der Waals surface area contributed by atoms with Gasteiger partial charge in [-0.2, -0.15) is 0 Å². The molecule has 3 heterocycles. The van der Waals surface area contributed by atoms with E-state index in [1.165, 1.54) is 6.07 Å². The number of aldehydes is 1. The predicted octanol–water partition coefficient (Wildman–Crippen LogP) is 7.54. The first-order valence-corrected chi connectivity index (χ1v) is 15.1. The molecule has 2 saturated heterocycles. The van der Waals surface area contributed by atoms with Crippen molar-refractivity contribution >= 4 is 28.8 Å². The lowest BCUT2D eigenvalue weighted by Crippen LogP contribution is -2.43. The number of carbonyl (C=O) groups excluding carboxylic acids is 1. The fourth-order valence-corrected chi connectivity index (χ4v) is 4.88. The van der Waals surface area contributed by atoms with E-state index in [0.717, 1.165) is 51.9 Å². The van der Waals surface area contributed by atoms with E-state index in [9.17, 15) is 14.3 Å². The molecule has 5 rings (SSSR count). The lowest BCUT2D eigenvalue weighted by atomic mass is 9.94. The van der Waals surface area contributed by atoms with Gasteiger partial charge in [-0.3, -0.25) is 9.78 Å². The Kier molecular flexibility index (Phi) is 13.6. The van der Waals surface area contributed by atoms with Crippen molar-refractivity contribution in [2.45, 2.75) is 78.4 Å². The lowest BCUT2D eigenvalue weighted by molar-refractivity contribution is 0.000992. The summed E-state index contributed by atoms with van der Waals surface area (Å²) < 4.78 is 20.7. The number of aliphatic hydroxyl groups is 1. The molecule has 0 unspecified atom stereocenters. The fourth-order valence-electron chi connectivity index (χ4n) is 4.64. The SMILES string of the molecule is CC.CC.CC1(Oc2cnc3ccc(-c4ccc(C=O)cc4F)cc3c2Cl)CCNCC1.CN1CCC(C)(O)CC1. The Bertz CT molecular complexity index is 1250. The van der Waals surface area contributed by atoms with Gasteiger partial charge in [0.25, 0.3) is 0 Å². The second kappa shape index (κ2) is 16.2. The minimum absolute atomic E-state index is 0.293. The second-order valence-electron chi connectivity index (χ2n) is 10.6. The van der Waals surface area contributed by atoms with E-state index < -0.39 is 5.82 Å². The number of benzene rings is 2. The standard InChI is InChI=1S/C22H20ClFN2O2.C7H15NO.2C2H6/c1-22(6-8-25-9-7-22)28-20-12-26-19-5-3-15(11-17(19)21(20)23)16-4-2-14(13-27)10-18(16)24;1-7(9)3-5-8(2)6-4-7;2*1-2/h2-5,10-13,25H,6-9H2,1H3;9H,3-6H2,1-2H3;2*1-2H3. The van der Waals surface area contributed by atoms with Gasteiger partial charge in [-0.15, -0.1) is 0 Å². The maximum absolute atomic E-state index is 14.4. The number of halogens is 2. The van der Waals surface area contributed by atoms with Crippen LogP contribution < -0.4 is 10.1 Å². The number of carbonyl (C=O) groups is 1. The number of rotatable bonds is 4. The van der Waals surface area contributed by atoms with Crippen molar-refractivity contribution < 1.29 is 19.0 Å². The molecule has 2 N–H and O–H groups in total. The Balaban J connectivity index is 0.000000380. The molecule has 0 aliphatic carbocycles. The maximum Gasteiger partial charge on any atom is 0.157 e. The van der Waals surface area contributed by atoms with Crippen molar-refractivity contribution in [3.05, 3.63) is 59.0 Å². The van der Waals surface area contributed by atoms with Crippen LogP contribution in [-0.2, 0) is 0 Å². The Morgan fingerprint density at radius 2 is 1.66 bits per heavy atom. The Hall–Kier alpha value is -2.58. The molecule has 6 nitrogen and oxygen atoms in total. The fraction of sp³-hybridized carbons (Fsp3) is 0.515. The van der Waals surface area contributed by atoms with Crippen molar-refractivity contribution in [2.75, 3.05) is 33.2 Å². The summed E-state index contributed by atoms with van der Waals surface area (Å²) in [5, 5.41) is 14.0. The third-order valence-corrected chi connectivity index (χ3v) is 7.68. The summed E-state index contributed by atoms with van der Waals surface area (Å²) in [6, 6.07) is 9.81. The van der Waals surface area contributed by atoms with Crippen LogP contribution in [0.25, 0.3) is 22.0 Å². The number of nitrogens with one attached hydrogen (secondary N) is 1. The first-order chi connectivity index (χ1) is 19.6. The second-order valence-corrected chi connectivity index (χ2v) is 11.0. The van der Waals surface area contributed by atoms with E-state index in [0.29, 0.717) is 44.7 Å². The van der Waals surface area contributed by atoms with E-state index in [1.54, 1.807) is 36.5 Å². The normalized spacial score (nSPS) is 17.5.